The molecule has 0 aliphatic heterocycles. The molecule has 0 bridgehead atoms. The SMILES string of the molecule is O=C(Cc1c(Cl)cccc1Cl)NCC1CCC(O)CC1. The minimum atomic E-state index is -0.163. The van der Waals surface area contributed by atoms with Gasteiger partial charge in [0.05, 0.1) is 12.5 Å². The highest BCUT2D eigenvalue weighted by molar-refractivity contribution is 6.36. The lowest BCUT2D eigenvalue weighted by Gasteiger charge is -2.25. The van der Waals surface area contributed by atoms with Gasteiger partial charge in [0.2, 0.25) is 5.91 Å². The quantitative estimate of drug-likeness (QED) is 0.896. The first-order chi connectivity index (χ1) is 9.56. The Hall–Kier alpha value is -0.770. The van der Waals surface area contributed by atoms with Crippen LogP contribution >= 0.6 is 23.2 Å². The Kier molecular flexibility index (Phi) is 5.70. The van der Waals surface area contributed by atoms with Crippen LogP contribution < -0.4 is 5.32 Å². The third-order valence-corrected chi connectivity index (χ3v) is 4.51. The standard InChI is InChI=1S/C15H19Cl2NO2/c16-13-2-1-3-14(17)12(13)8-15(20)18-9-10-4-6-11(19)7-5-10/h1-3,10-11,19H,4-9H2,(H,18,20). The van der Waals surface area contributed by atoms with Crippen molar-refractivity contribution >= 4 is 29.1 Å². The van der Waals surface area contributed by atoms with Gasteiger partial charge in [-0.15, -0.1) is 0 Å². The van der Waals surface area contributed by atoms with E-state index in [2.05, 4.69) is 5.32 Å². The molecule has 110 valence electrons. The summed E-state index contributed by atoms with van der Waals surface area (Å²) in [6, 6.07) is 5.23. The van der Waals surface area contributed by atoms with Crippen LogP contribution in [0, 0.1) is 5.92 Å². The number of hydrogen-bond donors (Lipinski definition) is 2. The molecule has 0 spiro atoms. The van der Waals surface area contributed by atoms with Crippen LogP contribution in [0.4, 0.5) is 0 Å². The predicted molar refractivity (Wildman–Crippen MR) is 81.1 cm³/mol. The fourth-order valence-corrected chi connectivity index (χ4v) is 3.06. The van der Waals surface area contributed by atoms with Crippen LogP contribution in [0.1, 0.15) is 31.2 Å². The molecule has 5 heteroatoms. The van der Waals surface area contributed by atoms with Gasteiger partial charge in [-0.05, 0) is 49.3 Å². The number of hydrogen-bond acceptors (Lipinski definition) is 2. The molecule has 0 unspecified atom stereocenters. The Morgan fingerprint density at radius 1 is 1.20 bits per heavy atom. The zero-order chi connectivity index (χ0) is 14.5. The molecule has 0 aromatic heterocycles. The van der Waals surface area contributed by atoms with Crippen LogP contribution in [0.25, 0.3) is 0 Å². The summed E-state index contributed by atoms with van der Waals surface area (Å²) in [7, 11) is 0. The fraction of sp³-hybridized carbons (Fsp3) is 0.533. The second kappa shape index (κ2) is 7.30. The minimum Gasteiger partial charge on any atom is -0.393 e. The van der Waals surface area contributed by atoms with E-state index in [1.807, 2.05) is 0 Å². The van der Waals surface area contributed by atoms with Gasteiger partial charge in [0.1, 0.15) is 0 Å². The zero-order valence-electron chi connectivity index (χ0n) is 11.2. The maximum absolute atomic E-state index is 11.9. The van der Waals surface area contributed by atoms with Gasteiger partial charge in [0.25, 0.3) is 0 Å². The summed E-state index contributed by atoms with van der Waals surface area (Å²) in [6.07, 6.45) is 3.63. The molecule has 2 N–H and O–H groups in total. The minimum absolute atomic E-state index is 0.0638. The van der Waals surface area contributed by atoms with Crippen LogP contribution in [-0.2, 0) is 11.2 Å². The lowest BCUT2D eigenvalue weighted by Crippen LogP contribution is -2.33. The number of aliphatic hydroxyl groups is 1. The molecule has 0 heterocycles. The van der Waals surface area contributed by atoms with E-state index < -0.39 is 0 Å². The van der Waals surface area contributed by atoms with Gasteiger partial charge in [0, 0.05) is 16.6 Å². The van der Waals surface area contributed by atoms with E-state index in [0.717, 1.165) is 25.7 Å². The number of amides is 1. The summed E-state index contributed by atoms with van der Waals surface area (Å²) >= 11 is 12.1. The Morgan fingerprint density at radius 3 is 2.40 bits per heavy atom. The van der Waals surface area contributed by atoms with Crippen molar-refractivity contribution in [2.24, 2.45) is 5.92 Å². The van der Waals surface area contributed by atoms with E-state index in [1.165, 1.54) is 0 Å². The first-order valence-corrected chi connectivity index (χ1v) is 7.69. The van der Waals surface area contributed by atoms with Gasteiger partial charge in [-0.3, -0.25) is 4.79 Å². The molecule has 1 aliphatic carbocycles. The van der Waals surface area contributed by atoms with Crippen LogP contribution in [0.15, 0.2) is 18.2 Å². The van der Waals surface area contributed by atoms with Crippen molar-refractivity contribution in [3.63, 3.8) is 0 Å². The van der Waals surface area contributed by atoms with Crippen LogP contribution in [0.5, 0.6) is 0 Å². The fourth-order valence-electron chi connectivity index (χ4n) is 2.53. The first-order valence-electron chi connectivity index (χ1n) is 6.94. The summed E-state index contributed by atoms with van der Waals surface area (Å²) in [5.41, 5.74) is 0.674. The van der Waals surface area contributed by atoms with Gasteiger partial charge in [-0.25, -0.2) is 0 Å². The van der Waals surface area contributed by atoms with E-state index in [1.54, 1.807) is 18.2 Å². The van der Waals surface area contributed by atoms with E-state index >= 15 is 0 Å². The second-order valence-electron chi connectivity index (χ2n) is 5.36. The van der Waals surface area contributed by atoms with Crippen molar-refractivity contribution in [1.29, 1.82) is 0 Å². The third-order valence-electron chi connectivity index (χ3n) is 3.80. The van der Waals surface area contributed by atoms with Crippen LogP contribution in [0.3, 0.4) is 0 Å². The summed E-state index contributed by atoms with van der Waals surface area (Å²) in [5.74, 6) is 0.398. The van der Waals surface area contributed by atoms with Crippen molar-refractivity contribution in [2.75, 3.05) is 6.54 Å². The van der Waals surface area contributed by atoms with E-state index in [4.69, 9.17) is 23.2 Å². The molecule has 20 heavy (non-hydrogen) atoms. The normalized spacial score (nSPS) is 22.6. The van der Waals surface area contributed by atoms with Crippen molar-refractivity contribution in [3.05, 3.63) is 33.8 Å². The van der Waals surface area contributed by atoms with E-state index in [-0.39, 0.29) is 18.4 Å². The lowest BCUT2D eigenvalue weighted by atomic mass is 9.87. The third kappa shape index (κ3) is 4.37. The van der Waals surface area contributed by atoms with E-state index in [0.29, 0.717) is 28.1 Å². The molecule has 1 fully saturated rings. The zero-order valence-corrected chi connectivity index (χ0v) is 12.8. The molecule has 0 radical (unpaired) electrons. The number of carbonyl (C=O) groups excluding carboxylic acids is 1. The average Bonchev–Trinajstić information content (AvgIpc) is 2.42. The number of aliphatic hydroxyl groups excluding tert-OH is 1. The Balaban J connectivity index is 1.81. The molecular formula is C15H19Cl2NO2. The Morgan fingerprint density at radius 2 is 1.80 bits per heavy atom. The van der Waals surface area contributed by atoms with Gasteiger partial charge >= 0.3 is 0 Å². The molecular weight excluding hydrogens is 297 g/mol. The second-order valence-corrected chi connectivity index (χ2v) is 6.17. The largest absolute Gasteiger partial charge is 0.393 e. The number of halogens is 2. The number of carbonyl (C=O) groups is 1. The van der Waals surface area contributed by atoms with Crippen molar-refractivity contribution < 1.29 is 9.90 Å². The van der Waals surface area contributed by atoms with Gasteiger partial charge in [0.15, 0.2) is 0 Å². The van der Waals surface area contributed by atoms with Crippen molar-refractivity contribution in [1.82, 2.24) is 5.32 Å². The maximum atomic E-state index is 11.9. The van der Waals surface area contributed by atoms with Crippen LogP contribution in [0.2, 0.25) is 10.0 Å². The molecule has 1 amide bonds. The van der Waals surface area contributed by atoms with Gasteiger partial charge < -0.3 is 10.4 Å². The number of nitrogens with one attached hydrogen (secondary N) is 1. The highest BCUT2D eigenvalue weighted by Gasteiger charge is 2.20. The predicted octanol–water partition coefficient (Wildman–Crippen LogP) is 3.20. The van der Waals surface area contributed by atoms with E-state index in [9.17, 15) is 9.90 Å². The Bertz CT molecular complexity index is 451. The highest BCUT2D eigenvalue weighted by atomic mass is 35.5. The monoisotopic (exact) mass is 315 g/mol. The molecule has 2 rings (SSSR count). The molecule has 1 saturated carbocycles. The summed E-state index contributed by atoms with van der Waals surface area (Å²) < 4.78 is 0. The highest BCUT2D eigenvalue weighted by Crippen LogP contribution is 2.25. The molecule has 0 saturated heterocycles. The topological polar surface area (TPSA) is 49.3 Å². The maximum Gasteiger partial charge on any atom is 0.224 e. The molecule has 1 aliphatic rings. The first kappa shape index (κ1) is 15.6. The molecule has 1 aromatic rings. The summed E-state index contributed by atoms with van der Waals surface area (Å²) in [4.78, 5) is 11.9. The van der Waals surface area contributed by atoms with Crippen molar-refractivity contribution in [2.45, 2.75) is 38.2 Å². The van der Waals surface area contributed by atoms with Gasteiger partial charge in [-0.1, -0.05) is 29.3 Å². The lowest BCUT2D eigenvalue weighted by molar-refractivity contribution is -0.120. The van der Waals surface area contributed by atoms with Crippen LogP contribution in [-0.4, -0.2) is 23.7 Å². The summed E-state index contributed by atoms with van der Waals surface area (Å²) in [5, 5.41) is 13.4. The van der Waals surface area contributed by atoms with Gasteiger partial charge in [-0.2, -0.15) is 0 Å². The molecule has 1 aromatic carbocycles. The number of rotatable bonds is 4. The molecule has 0 atom stereocenters. The van der Waals surface area contributed by atoms with Crippen molar-refractivity contribution in [3.8, 4) is 0 Å². The Labute approximate surface area is 129 Å². The smallest absolute Gasteiger partial charge is 0.224 e. The number of benzene rings is 1. The average molecular weight is 316 g/mol. The summed E-state index contributed by atoms with van der Waals surface area (Å²) in [6.45, 7) is 0.660. The molecule has 3 nitrogen and oxygen atoms in total.